The van der Waals surface area contributed by atoms with E-state index in [1.54, 1.807) is 0 Å². The molecule has 0 radical (unpaired) electrons. The van der Waals surface area contributed by atoms with E-state index in [4.69, 9.17) is 9.97 Å². The van der Waals surface area contributed by atoms with Crippen LogP contribution in [0.1, 0.15) is 49.9 Å². The summed E-state index contributed by atoms with van der Waals surface area (Å²) in [7, 11) is 0. The van der Waals surface area contributed by atoms with E-state index in [1.807, 2.05) is 18.5 Å². The van der Waals surface area contributed by atoms with Crippen LogP contribution in [0.3, 0.4) is 0 Å². The molecule has 6 aromatic carbocycles. The van der Waals surface area contributed by atoms with Crippen molar-refractivity contribution in [3.05, 3.63) is 186 Å². The van der Waals surface area contributed by atoms with E-state index in [2.05, 4.69) is 178 Å². The Morgan fingerprint density at radius 2 is 0.964 bits per heavy atom. The number of nitrogens with zero attached hydrogens (tertiary/aromatic N) is 3. The van der Waals surface area contributed by atoms with Crippen LogP contribution in [0.15, 0.2) is 164 Å². The van der Waals surface area contributed by atoms with Gasteiger partial charge in [-0.3, -0.25) is 9.97 Å². The molecular formula is C53H39N3. The molecule has 0 amide bonds. The van der Waals surface area contributed by atoms with Gasteiger partial charge in [0.25, 0.3) is 0 Å². The van der Waals surface area contributed by atoms with Crippen molar-refractivity contribution in [3.63, 3.8) is 0 Å². The van der Waals surface area contributed by atoms with E-state index in [9.17, 15) is 0 Å². The highest BCUT2D eigenvalue weighted by atomic mass is 14.8. The number of pyridine rings is 3. The van der Waals surface area contributed by atoms with E-state index in [1.165, 1.54) is 60.8 Å². The summed E-state index contributed by atoms with van der Waals surface area (Å²) in [6, 6.07) is 55.1. The number of hydrogen-bond donors (Lipinski definition) is 0. The van der Waals surface area contributed by atoms with Gasteiger partial charge in [-0.05, 0) is 132 Å². The fraction of sp³-hybridized carbons (Fsp3) is 0.113. The lowest BCUT2D eigenvalue weighted by atomic mass is 9.79. The fourth-order valence-corrected chi connectivity index (χ4v) is 9.62. The van der Waals surface area contributed by atoms with Crippen molar-refractivity contribution in [3.8, 4) is 67.2 Å². The third-order valence-electron chi connectivity index (χ3n) is 12.6. The molecule has 0 saturated carbocycles. The molecule has 0 aliphatic heterocycles. The first-order chi connectivity index (χ1) is 27.3. The van der Waals surface area contributed by atoms with Crippen LogP contribution >= 0.6 is 0 Å². The van der Waals surface area contributed by atoms with Gasteiger partial charge in [-0.1, -0.05) is 125 Å². The van der Waals surface area contributed by atoms with Crippen LogP contribution in [0.4, 0.5) is 0 Å². The zero-order chi connectivity index (χ0) is 37.8. The number of para-hydroxylation sites is 1. The van der Waals surface area contributed by atoms with Gasteiger partial charge in [0.1, 0.15) is 0 Å². The molecule has 266 valence electrons. The van der Waals surface area contributed by atoms with Gasteiger partial charge in [-0.2, -0.15) is 0 Å². The Kier molecular flexibility index (Phi) is 6.94. The van der Waals surface area contributed by atoms with Crippen LogP contribution < -0.4 is 0 Å². The molecule has 2 aliphatic rings. The quantitative estimate of drug-likeness (QED) is 0.182. The SMILES string of the molecule is CC1(C)c2ccccc2-c2cc3c(cc21)-c1ccc(-c2cc(-c4ccnc5ccccc45)cc(-c4cc(-c5cccc6ccccc56)ccn4)n2)cc1C3(C)C. The third-order valence-corrected chi connectivity index (χ3v) is 12.6. The largest absolute Gasteiger partial charge is 0.256 e. The summed E-state index contributed by atoms with van der Waals surface area (Å²) in [5, 5.41) is 3.55. The molecule has 11 rings (SSSR count). The van der Waals surface area contributed by atoms with Crippen LogP contribution in [-0.4, -0.2) is 15.0 Å². The Morgan fingerprint density at radius 1 is 0.357 bits per heavy atom. The molecule has 3 heteroatoms. The summed E-state index contributed by atoms with van der Waals surface area (Å²) < 4.78 is 0. The zero-order valence-corrected chi connectivity index (χ0v) is 31.9. The van der Waals surface area contributed by atoms with Crippen molar-refractivity contribution in [2.24, 2.45) is 0 Å². The zero-order valence-electron chi connectivity index (χ0n) is 31.9. The van der Waals surface area contributed by atoms with Crippen molar-refractivity contribution in [1.29, 1.82) is 0 Å². The van der Waals surface area contributed by atoms with Crippen LogP contribution in [-0.2, 0) is 10.8 Å². The Morgan fingerprint density at radius 3 is 1.82 bits per heavy atom. The summed E-state index contributed by atoms with van der Waals surface area (Å²) in [5.74, 6) is 0. The summed E-state index contributed by atoms with van der Waals surface area (Å²) >= 11 is 0. The summed E-state index contributed by atoms with van der Waals surface area (Å²) in [6.45, 7) is 9.48. The molecule has 3 aromatic heterocycles. The molecule has 0 bridgehead atoms. The Labute approximate surface area is 327 Å². The van der Waals surface area contributed by atoms with Crippen molar-refractivity contribution < 1.29 is 0 Å². The molecule has 0 atom stereocenters. The topological polar surface area (TPSA) is 38.7 Å². The summed E-state index contributed by atoms with van der Waals surface area (Å²) in [5.41, 5.74) is 19.8. The summed E-state index contributed by atoms with van der Waals surface area (Å²) in [4.78, 5) is 15.0. The van der Waals surface area contributed by atoms with E-state index in [0.717, 1.165) is 50.2 Å². The molecule has 0 N–H and O–H groups in total. The highest BCUT2D eigenvalue weighted by Crippen LogP contribution is 2.56. The van der Waals surface area contributed by atoms with Crippen molar-refractivity contribution in [1.82, 2.24) is 15.0 Å². The second kappa shape index (κ2) is 11.9. The number of fused-ring (bicyclic) bond motifs is 8. The normalized spacial score (nSPS) is 14.4. The predicted molar refractivity (Wildman–Crippen MR) is 232 cm³/mol. The minimum atomic E-state index is -0.187. The number of hydrogen-bond acceptors (Lipinski definition) is 3. The maximum absolute atomic E-state index is 5.42. The molecule has 3 nitrogen and oxygen atoms in total. The van der Waals surface area contributed by atoms with E-state index in [0.29, 0.717) is 0 Å². The van der Waals surface area contributed by atoms with Gasteiger partial charge in [0.05, 0.1) is 22.6 Å². The minimum Gasteiger partial charge on any atom is -0.256 e. The lowest BCUT2D eigenvalue weighted by Crippen LogP contribution is -2.17. The predicted octanol–water partition coefficient (Wildman–Crippen LogP) is 13.5. The van der Waals surface area contributed by atoms with Gasteiger partial charge in [-0.15, -0.1) is 0 Å². The van der Waals surface area contributed by atoms with Gasteiger partial charge < -0.3 is 0 Å². The maximum Gasteiger partial charge on any atom is 0.0900 e. The van der Waals surface area contributed by atoms with Crippen LogP contribution in [0.5, 0.6) is 0 Å². The summed E-state index contributed by atoms with van der Waals surface area (Å²) in [6.07, 6.45) is 3.82. The van der Waals surface area contributed by atoms with E-state index >= 15 is 0 Å². The minimum absolute atomic E-state index is 0.0510. The lowest BCUT2D eigenvalue weighted by molar-refractivity contribution is 0.652. The van der Waals surface area contributed by atoms with Crippen LogP contribution in [0, 0.1) is 0 Å². The standard InChI is InChI=1S/C53H39N3/c1-52(2)44-18-9-7-15-39(44)42-30-47-43(31-46(42)52)40-21-20-34(26-45(40)53(47,3)4)49-28-35(38-23-25-54-48-19-10-8-16-41(38)48)29-51(56-49)50-27-33(22-24-55-50)37-17-11-13-32-12-5-6-14-36(32)37/h5-31H,1-4H3. The second-order valence-corrected chi connectivity index (χ2v) is 16.5. The molecule has 3 heterocycles. The van der Waals surface area contributed by atoms with Gasteiger partial charge in [0.2, 0.25) is 0 Å². The Bertz CT molecular complexity index is 3090. The first-order valence-corrected chi connectivity index (χ1v) is 19.5. The first-order valence-electron chi connectivity index (χ1n) is 19.5. The van der Waals surface area contributed by atoms with Crippen molar-refractivity contribution in [2.75, 3.05) is 0 Å². The molecule has 0 spiro atoms. The molecular weight excluding hydrogens is 679 g/mol. The Balaban J connectivity index is 1.08. The van der Waals surface area contributed by atoms with Gasteiger partial charge >= 0.3 is 0 Å². The average Bonchev–Trinajstić information content (AvgIpc) is 3.61. The highest BCUT2D eigenvalue weighted by Gasteiger charge is 2.41. The third kappa shape index (κ3) is 4.80. The first kappa shape index (κ1) is 32.7. The number of rotatable bonds is 4. The maximum atomic E-state index is 5.42. The monoisotopic (exact) mass is 717 g/mol. The Hall–Kier alpha value is -6.71. The van der Waals surface area contributed by atoms with Crippen LogP contribution in [0.2, 0.25) is 0 Å². The van der Waals surface area contributed by atoms with Crippen molar-refractivity contribution >= 4 is 21.7 Å². The molecule has 56 heavy (non-hydrogen) atoms. The second-order valence-electron chi connectivity index (χ2n) is 16.5. The van der Waals surface area contributed by atoms with Gasteiger partial charge in [0.15, 0.2) is 0 Å². The average molecular weight is 718 g/mol. The smallest absolute Gasteiger partial charge is 0.0900 e. The molecule has 2 aliphatic carbocycles. The van der Waals surface area contributed by atoms with Gasteiger partial charge in [0, 0.05) is 34.2 Å². The molecule has 0 unspecified atom stereocenters. The van der Waals surface area contributed by atoms with E-state index in [-0.39, 0.29) is 10.8 Å². The highest BCUT2D eigenvalue weighted by molar-refractivity contribution is 5.98. The lowest BCUT2D eigenvalue weighted by Gasteiger charge is -2.24. The number of benzene rings is 6. The molecule has 9 aromatic rings. The molecule has 0 saturated heterocycles. The van der Waals surface area contributed by atoms with Crippen LogP contribution in [0.25, 0.3) is 88.8 Å². The van der Waals surface area contributed by atoms with Crippen molar-refractivity contribution in [2.45, 2.75) is 38.5 Å². The fourth-order valence-electron chi connectivity index (χ4n) is 9.62. The number of aromatic nitrogens is 3. The van der Waals surface area contributed by atoms with Gasteiger partial charge in [-0.25, -0.2) is 4.98 Å². The molecule has 0 fully saturated rings. The van der Waals surface area contributed by atoms with E-state index < -0.39 is 0 Å².